The molecular weight excluding hydrogens is 207 g/mol. The molecule has 0 radical (unpaired) electrons. The SMILES string of the molecule is Cl.Cn1c(CCl)nc2ccccc21. The van der Waals surface area contributed by atoms with Crippen molar-refractivity contribution < 1.29 is 0 Å². The van der Waals surface area contributed by atoms with E-state index in [1.54, 1.807) is 0 Å². The van der Waals surface area contributed by atoms with Gasteiger partial charge in [0.15, 0.2) is 0 Å². The van der Waals surface area contributed by atoms with Crippen LogP contribution in [-0.2, 0) is 12.9 Å². The lowest BCUT2D eigenvalue weighted by Crippen LogP contribution is -1.93. The lowest BCUT2D eigenvalue weighted by Gasteiger charge is -1.95. The van der Waals surface area contributed by atoms with Crippen LogP contribution in [0.5, 0.6) is 0 Å². The highest BCUT2D eigenvalue weighted by Crippen LogP contribution is 2.14. The van der Waals surface area contributed by atoms with Gasteiger partial charge in [-0.2, -0.15) is 0 Å². The molecule has 1 aromatic heterocycles. The molecule has 0 unspecified atom stereocenters. The van der Waals surface area contributed by atoms with Gasteiger partial charge in [0.25, 0.3) is 0 Å². The Morgan fingerprint density at radius 2 is 2.08 bits per heavy atom. The fourth-order valence-electron chi connectivity index (χ4n) is 1.31. The molecule has 2 nitrogen and oxygen atoms in total. The molecule has 1 heterocycles. The zero-order valence-electron chi connectivity index (χ0n) is 7.20. The molecule has 70 valence electrons. The van der Waals surface area contributed by atoms with Gasteiger partial charge in [-0.05, 0) is 12.1 Å². The predicted octanol–water partition coefficient (Wildman–Crippen LogP) is 2.73. The molecule has 0 atom stereocenters. The van der Waals surface area contributed by atoms with Gasteiger partial charge in [-0.1, -0.05) is 12.1 Å². The fourth-order valence-corrected chi connectivity index (χ4v) is 1.55. The zero-order chi connectivity index (χ0) is 8.55. The van der Waals surface area contributed by atoms with E-state index in [1.807, 2.05) is 35.9 Å². The average Bonchev–Trinajstić information content (AvgIpc) is 2.44. The normalized spacial score (nSPS) is 10.0. The molecule has 0 amide bonds. The molecule has 2 rings (SSSR count). The summed E-state index contributed by atoms with van der Waals surface area (Å²) in [5.41, 5.74) is 2.14. The lowest BCUT2D eigenvalue weighted by atomic mass is 10.3. The van der Waals surface area contributed by atoms with Crippen LogP contribution in [0.25, 0.3) is 11.0 Å². The smallest absolute Gasteiger partial charge is 0.124 e. The highest BCUT2D eigenvalue weighted by atomic mass is 35.5. The summed E-state index contributed by atoms with van der Waals surface area (Å²) in [5.74, 6) is 1.38. The molecular formula is C9H10Cl2N2. The molecule has 1 aromatic carbocycles. The summed E-state index contributed by atoms with van der Waals surface area (Å²) in [6, 6.07) is 8.01. The molecule has 2 aromatic rings. The van der Waals surface area contributed by atoms with Crippen molar-refractivity contribution in [3.63, 3.8) is 0 Å². The molecule has 0 saturated carbocycles. The maximum absolute atomic E-state index is 5.72. The quantitative estimate of drug-likeness (QED) is 0.671. The second-order valence-corrected chi connectivity index (χ2v) is 2.98. The first-order chi connectivity index (χ1) is 5.83. The third-order valence-electron chi connectivity index (χ3n) is 2.00. The third kappa shape index (κ3) is 1.64. The van der Waals surface area contributed by atoms with Gasteiger partial charge in [-0.15, -0.1) is 24.0 Å². The minimum atomic E-state index is 0. The van der Waals surface area contributed by atoms with E-state index in [1.165, 1.54) is 0 Å². The molecule has 0 spiro atoms. The molecule has 13 heavy (non-hydrogen) atoms. The molecule has 0 aliphatic rings. The topological polar surface area (TPSA) is 17.8 Å². The second-order valence-electron chi connectivity index (χ2n) is 2.71. The van der Waals surface area contributed by atoms with E-state index < -0.39 is 0 Å². The number of para-hydroxylation sites is 2. The van der Waals surface area contributed by atoms with Gasteiger partial charge >= 0.3 is 0 Å². The number of hydrogen-bond acceptors (Lipinski definition) is 1. The molecule has 0 aliphatic carbocycles. The average molecular weight is 217 g/mol. The summed E-state index contributed by atoms with van der Waals surface area (Å²) in [6.45, 7) is 0. The van der Waals surface area contributed by atoms with Gasteiger partial charge in [0.1, 0.15) is 5.82 Å². The third-order valence-corrected chi connectivity index (χ3v) is 2.24. The number of aryl methyl sites for hydroxylation is 1. The van der Waals surface area contributed by atoms with E-state index in [-0.39, 0.29) is 12.4 Å². The largest absolute Gasteiger partial charge is 0.330 e. The van der Waals surface area contributed by atoms with Crippen molar-refractivity contribution in [3.05, 3.63) is 30.1 Å². The van der Waals surface area contributed by atoms with E-state index in [2.05, 4.69) is 4.98 Å². The zero-order valence-corrected chi connectivity index (χ0v) is 8.77. The first kappa shape index (κ1) is 10.4. The van der Waals surface area contributed by atoms with Gasteiger partial charge in [0, 0.05) is 7.05 Å². The van der Waals surface area contributed by atoms with E-state index in [0.717, 1.165) is 16.9 Å². The molecule has 0 aliphatic heterocycles. The van der Waals surface area contributed by atoms with E-state index in [9.17, 15) is 0 Å². The highest BCUT2D eigenvalue weighted by Gasteiger charge is 2.03. The minimum absolute atomic E-state index is 0. The molecule has 0 bridgehead atoms. The summed E-state index contributed by atoms with van der Waals surface area (Å²) < 4.78 is 2.02. The van der Waals surface area contributed by atoms with Crippen molar-refractivity contribution in [2.45, 2.75) is 5.88 Å². The van der Waals surface area contributed by atoms with Gasteiger partial charge < -0.3 is 4.57 Å². The van der Waals surface area contributed by atoms with Crippen molar-refractivity contribution in [1.82, 2.24) is 9.55 Å². The standard InChI is InChI=1S/C9H9ClN2.ClH/c1-12-8-5-3-2-4-7(8)11-9(12)6-10;/h2-5H,6H2,1H3;1H. The molecule has 0 fully saturated rings. The Balaban J connectivity index is 0.000000845. The molecule has 0 saturated heterocycles. The van der Waals surface area contributed by atoms with Crippen molar-refractivity contribution in [2.75, 3.05) is 0 Å². The summed E-state index contributed by atoms with van der Waals surface area (Å²) in [7, 11) is 1.98. The Hall–Kier alpha value is -0.730. The summed E-state index contributed by atoms with van der Waals surface area (Å²) >= 11 is 5.72. The van der Waals surface area contributed by atoms with E-state index in [4.69, 9.17) is 11.6 Å². The number of aromatic nitrogens is 2. The Morgan fingerprint density at radius 3 is 2.69 bits per heavy atom. The van der Waals surface area contributed by atoms with Gasteiger partial charge in [0.05, 0.1) is 16.9 Å². The number of alkyl halides is 1. The van der Waals surface area contributed by atoms with Crippen LogP contribution < -0.4 is 0 Å². The molecule has 0 N–H and O–H groups in total. The van der Waals surface area contributed by atoms with Crippen LogP contribution in [0.1, 0.15) is 5.82 Å². The lowest BCUT2D eigenvalue weighted by molar-refractivity contribution is 0.874. The second kappa shape index (κ2) is 3.99. The van der Waals surface area contributed by atoms with Gasteiger partial charge in [-0.3, -0.25) is 0 Å². The van der Waals surface area contributed by atoms with Crippen LogP contribution in [-0.4, -0.2) is 9.55 Å². The van der Waals surface area contributed by atoms with E-state index in [0.29, 0.717) is 5.88 Å². The Kier molecular flexibility index (Phi) is 3.17. The van der Waals surface area contributed by atoms with Crippen LogP contribution in [0.15, 0.2) is 24.3 Å². The monoisotopic (exact) mass is 216 g/mol. The van der Waals surface area contributed by atoms with Gasteiger partial charge in [-0.25, -0.2) is 4.98 Å². The summed E-state index contributed by atoms with van der Waals surface area (Å²) in [5, 5.41) is 0. The number of benzene rings is 1. The summed E-state index contributed by atoms with van der Waals surface area (Å²) in [6.07, 6.45) is 0. The predicted molar refractivity (Wildman–Crippen MR) is 57.5 cm³/mol. The van der Waals surface area contributed by atoms with Crippen LogP contribution in [0, 0.1) is 0 Å². The fraction of sp³-hybridized carbons (Fsp3) is 0.222. The number of imidazole rings is 1. The van der Waals surface area contributed by atoms with Gasteiger partial charge in [0.2, 0.25) is 0 Å². The number of rotatable bonds is 1. The Morgan fingerprint density at radius 1 is 1.38 bits per heavy atom. The van der Waals surface area contributed by atoms with Crippen molar-refractivity contribution >= 4 is 35.0 Å². The van der Waals surface area contributed by atoms with E-state index >= 15 is 0 Å². The first-order valence-corrected chi connectivity index (χ1v) is 4.32. The van der Waals surface area contributed by atoms with Crippen LogP contribution in [0.4, 0.5) is 0 Å². The molecule has 4 heteroatoms. The Bertz CT molecular complexity index is 409. The highest BCUT2D eigenvalue weighted by molar-refractivity contribution is 6.16. The maximum atomic E-state index is 5.72. The number of fused-ring (bicyclic) bond motifs is 1. The van der Waals surface area contributed by atoms with Crippen molar-refractivity contribution in [2.24, 2.45) is 7.05 Å². The van der Waals surface area contributed by atoms with Crippen LogP contribution in [0.3, 0.4) is 0 Å². The van der Waals surface area contributed by atoms with Crippen molar-refractivity contribution in [3.8, 4) is 0 Å². The first-order valence-electron chi connectivity index (χ1n) is 3.79. The Labute approximate surface area is 87.9 Å². The summed E-state index contributed by atoms with van der Waals surface area (Å²) in [4.78, 5) is 4.36. The number of nitrogens with zero attached hydrogens (tertiary/aromatic N) is 2. The maximum Gasteiger partial charge on any atom is 0.124 e. The van der Waals surface area contributed by atoms with Crippen LogP contribution in [0.2, 0.25) is 0 Å². The van der Waals surface area contributed by atoms with Crippen molar-refractivity contribution in [1.29, 1.82) is 0 Å². The number of hydrogen-bond donors (Lipinski definition) is 0. The minimum Gasteiger partial charge on any atom is -0.330 e. The number of halogens is 2. The van der Waals surface area contributed by atoms with Crippen LogP contribution >= 0.6 is 24.0 Å².